The minimum Gasteiger partial charge on any atom is -0.381 e. The predicted octanol–water partition coefficient (Wildman–Crippen LogP) is 3.79. The summed E-state index contributed by atoms with van der Waals surface area (Å²) in [6.45, 7) is 4.01. The maximum Gasteiger partial charge on any atom is 0.157 e. The highest BCUT2D eigenvalue weighted by Gasteiger charge is 2.36. The molecule has 5 rings (SSSR count). The Morgan fingerprint density at radius 1 is 0.923 bits per heavy atom. The van der Waals surface area contributed by atoms with E-state index in [9.17, 15) is 0 Å². The van der Waals surface area contributed by atoms with E-state index in [2.05, 4.69) is 40.3 Å². The maximum atomic E-state index is 5.58. The number of hydrogen-bond donors (Lipinski definition) is 0. The molecule has 0 radical (unpaired) electrons. The van der Waals surface area contributed by atoms with E-state index in [0.717, 1.165) is 49.0 Å². The van der Waals surface area contributed by atoms with Crippen molar-refractivity contribution in [2.75, 3.05) is 31.2 Å². The molecule has 2 aliphatic rings. The molecule has 3 aromatic rings. The van der Waals surface area contributed by atoms with Crippen molar-refractivity contribution in [3.63, 3.8) is 0 Å². The standard InChI is InChI=1S/C21H24N4O/c1-2-4-17(5-3-1)18-16-20(25-19(23-18)6-11-22-25)24-12-7-21(8-13-24)9-14-26-15-10-21/h1-6,11,16H,7-10,12-15H2. The summed E-state index contributed by atoms with van der Waals surface area (Å²) >= 11 is 0. The molecule has 0 atom stereocenters. The van der Waals surface area contributed by atoms with Gasteiger partial charge in [0.1, 0.15) is 5.82 Å². The summed E-state index contributed by atoms with van der Waals surface area (Å²) in [5.41, 5.74) is 3.57. The van der Waals surface area contributed by atoms with Crippen LogP contribution in [0.4, 0.5) is 5.82 Å². The van der Waals surface area contributed by atoms with Gasteiger partial charge in [0.05, 0.1) is 11.9 Å². The van der Waals surface area contributed by atoms with E-state index in [1.807, 2.05) is 22.8 Å². The molecule has 2 aromatic heterocycles. The third kappa shape index (κ3) is 2.76. The summed E-state index contributed by atoms with van der Waals surface area (Å²) in [6.07, 6.45) is 6.74. The van der Waals surface area contributed by atoms with Crippen molar-refractivity contribution in [3.05, 3.63) is 48.7 Å². The molecule has 2 aliphatic heterocycles. The third-order valence-corrected chi connectivity index (χ3v) is 6.11. The van der Waals surface area contributed by atoms with Gasteiger partial charge in [-0.2, -0.15) is 9.61 Å². The average molecular weight is 348 g/mol. The van der Waals surface area contributed by atoms with Crippen LogP contribution in [-0.2, 0) is 4.74 Å². The van der Waals surface area contributed by atoms with Crippen LogP contribution in [0.5, 0.6) is 0 Å². The first-order valence-corrected chi connectivity index (χ1v) is 9.56. The number of piperidine rings is 1. The number of fused-ring (bicyclic) bond motifs is 1. The van der Waals surface area contributed by atoms with Crippen molar-refractivity contribution in [1.82, 2.24) is 14.6 Å². The second-order valence-electron chi connectivity index (χ2n) is 7.57. The largest absolute Gasteiger partial charge is 0.381 e. The van der Waals surface area contributed by atoms with Gasteiger partial charge in [-0.25, -0.2) is 4.98 Å². The molecular weight excluding hydrogens is 324 g/mol. The minimum atomic E-state index is 0.493. The van der Waals surface area contributed by atoms with Crippen LogP contribution in [0.2, 0.25) is 0 Å². The highest BCUT2D eigenvalue weighted by atomic mass is 16.5. The SMILES string of the molecule is c1ccc(-c2cc(N3CCC4(CCOCC4)CC3)n3nccc3n2)cc1. The Bertz CT molecular complexity index is 889. The molecule has 4 heterocycles. The van der Waals surface area contributed by atoms with Crippen molar-refractivity contribution >= 4 is 11.5 Å². The second kappa shape index (κ2) is 6.40. The fraction of sp³-hybridized carbons (Fsp3) is 0.429. The van der Waals surface area contributed by atoms with Gasteiger partial charge in [-0.15, -0.1) is 0 Å². The summed E-state index contributed by atoms with van der Waals surface area (Å²) in [6, 6.07) is 14.6. The van der Waals surface area contributed by atoms with E-state index in [4.69, 9.17) is 9.72 Å². The Labute approximate surface area is 153 Å². The number of ether oxygens (including phenoxy) is 1. The number of benzene rings is 1. The van der Waals surface area contributed by atoms with Crippen LogP contribution in [0, 0.1) is 5.41 Å². The molecule has 0 bridgehead atoms. The molecule has 1 spiro atoms. The molecule has 5 nitrogen and oxygen atoms in total. The molecule has 5 heteroatoms. The number of nitrogens with zero attached hydrogens (tertiary/aromatic N) is 4. The molecule has 2 fully saturated rings. The van der Waals surface area contributed by atoms with Gasteiger partial charge in [0.25, 0.3) is 0 Å². The lowest BCUT2D eigenvalue weighted by molar-refractivity contribution is 0.00203. The molecule has 134 valence electrons. The maximum absolute atomic E-state index is 5.58. The highest BCUT2D eigenvalue weighted by Crippen LogP contribution is 2.41. The quantitative estimate of drug-likeness (QED) is 0.707. The zero-order valence-electron chi connectivity index (χ0n) is 15.0. The normalized spacial score (nSPS) is 19.9. The molecule has 0 unspecified atom stereocenters. The first kappa shape index (κ1) is 15.8. The summed E-state index contributed by atoms with van der Waals surface area (Å²) in [7, 11) is 0. The van der Waals surface area contributed by atoms with E-state index in [-0.39, 0.29) is 0 Å². The van der Waals surface area contributed by atoms with Crippen LogP contribution < -0.4 is 4.90 Å². The van der Waals surface area contributed by atoms with Crippen molar-refractivity contribution in [2.24, 2.45) is 5.41 Å². The van der Waals surface area contributed by atoms with Gasteiger partial charge in [0.2, 0.25) is 0 Å². The van der Waals surface area contributed by atoms with Gasteiger partial charge in [-0.3, -0.25) is 0 Å². The summed E-state index contributed by atoms with van der Waals surface area (Å²) in [4.78, 5) is 7.28. The van der Waals surface area contributed by atoms with E-state index < -0.39 is 0 Å². The predicted molar refractivity (Wildman–Crippen MR) is 102 cm³/mol. The summed E-state index contributed by atoms with van der Waals surface area (Å²) in [5, 5.41) is 4.53. The average Bonchev–Trinajstić information content (AvgIpc) is 3.18. The Balaban J connectivity index is 1.48. The Morgan fingerprint density at radius 3 is 2.46 bits per heavy atom. The van der Waals surface area contributed by atoms with Crippen molar-refractivity contribution in [1.29, 1.82) is 0 Å². The zero-order chi connectivity index (χ0) is 17.4. The van der Waals surface area contributed by atoms with Gasteiger partial charge in [-0.05, 0) is 31.1 Å². The van der Waals surface area contributed by atoms with Gasteiger partial charge >= 0.3 is 0 Å². The van der Waals surface area contributed by atoms with Crippen LogP contribution in [-0.4, -0.2) is 40.9 Å². The Kier molecular flexibility index (Phi) is 3.89. The fourth-order valence-electron chi connectivity index (χ4n) is 4.39. The summed E-state index contributed by atoms with van der Waals surface area (Å²) in [5.74, 6) is 1.15. The minimum absolute atomic E-state index is 0.493. The fourth-order valence-corrected chi connectivity index (χ4v) is 4.39. The van der Waals surface area contributed by atoms with E-state index >= 15 is 0 Å². The first-order valence-electron chi connectivity index (χ1n) is 9.56. The Hall–Kier alpha value is -2.40. The van der Waals surface area contributed by atoms with Crippen LogP contribution >= 0.6 is 0 Å². The van der Waals surface area contributed by atoms with Crippen LogP contribution in [0.3, 0.4) is 0 Å². The summed E-state index contributed by atoms with van der Waals surface area (Å²) < 4.78 is 7.57. The van der Waals surface area contributed by atoms with Gasteiger partial charge in [0, 0.05) is 44.0 Å². The molecule has 1 aromatic carbocycles. The molecule has 0 amide bonds. The first-order chi connectivity index (χ1) is 12.8. The van der Waals surface area contributed by atoms with Crippen molar-refractivity contribution in [3.8, 4) is 11.3 Å². The zero-order valence-corrected chi connectivity index (χ0v) is 15.0. The van der Waals surface area contributed by atoms with Crippen molar-refractivity contribution < 1.29 is 4.74 Å². The molecule has 0 saturated carbocycles. The molecule has 2 saturated heterocycles. The molecule has 26 heavy (non-hydrogen) atoms. The van der Waals surface area contributed by atoms with Crippen LogP contribution in [0.1, 0.15) is 25.7 Å². The third-order valence-electron chi connectivity index (χ3n) is 6.11. The second-order valence-corrected chi connectivity index (χ2v) is 7.57. The number of hydrogen-bond acceptors (Lipinski definition) is 4. The lowest BCUT2D eigenvalue weighted by atomic mass is 9.72. The van der Waals surface area contributed by atoms with Gasteiger partial charge in [-0.1, -0.05) is 30.3 Å². The number of anilines is 1. The van der Waals surface area contributed by atoms with E-state index in [1.54, 1.807) is 0 Å². The smallest absolute Gasteiger partial charge is 0.157 e. The van der Waals surface area contributed by atoms with E-state index in [0.29, 0.717) is 5.41 Å². The topological polar surface area (TPSA) is 42.7 Å². The van der Waals surface area contributed by atoms with Gasteiger partial charge < -0.3 is 9.64 Å². The number of aromatic nitrogens is 3. The van der Waals surface area contributed by atoms with Crippen LogP contribution in [0.25, 0.3) is 16.9 Å². The van der Waals surface area contributed by atoms with Crippen molar-refractivity contribution in [2.45, 2.75) is 25.7 Å². The van der Waals surface area contributed by atoms with Gasteiger partial charge in [0.15, 0.2) is 5.65 Å². The van der Waals surface area contributed by atoms with Crippen LogP contribution in [0.15, 0.2) is 48.7 Å². The molecular formula is C21H24N4O. The number of rotatable bonds is 2. The molecule has 0 N–H and O–H groups in total. The monoisotopic (exact) mass is 348 g/mol. The van der Waals surface area contributed by atoms with E-state index in [1.165, 1.54) is 25.7 Å². The highest BCUT2D eigenvalue weighted by molar-refractivity contribution is 5.66. The Morgan fingerprint density at radius 2 is 1.69 bits per heavy atom. The lowest BCUT2D eigenvalue weighted by Gasteiger charge is -2.44. The lowest BCUT2D eigenvalue weighted by Crippen LogP contribution is -2.43. The molecule has 0 aliphatic carbocycles.